The number of aromatic nitrogens is 2. The molecular formula is C24H22N6. The quantitative estimate of drug-likeness (QED) is 0.427. The molecule has 2 aliphatic heterocycles. The van der Waals surface area contributed by atoms with Crippen LogP contribution in [0, 0.1) is 0 Å². The first kappa shape index (κ1) is 17.1. The summed E-state index contributed by atoms with van der Waals surface area (Å²) in [6.45, 7) is 3.53. The predicted octanol–water partition coefficient (Wildman–Crippen LogP) is 3.52. The lowest BCUT2D eigenvalue weighted by molar-refractivity contribution is 0.959. The summed E-state index contributed by atoms with van der Waals surface area (Å²) in [6.07, 6.45) is 4.26. The van der Waals surface area contributed by atoms with Crippen LogP contribution in [0.3, 0.4) is 0 Å². The molecule has 30 heavy (non-hydrogen) atoms. The van der Waals surface area contributed by atoms with Crippen LogP contribution in [0.4, 0.5) is 0 Å². The van der Waals surface area contributed by atoms with E-state index in [0.717, 1.165) is 71.4 Å². The van der Waals surface area contributed by atoms with E-state index in [1.807, 2.05) is 0 Å². The molecule has 0 spiro atoms. The summed E-state index contributed by atoms with van der Waals surface area (Å²) in [6, 6.07) is 17.2. The maximum Gasteiger partial charge on any atom is 0.145 e. The maximum atomic E-state index is 4.51. The highest BCUT2D eigenvalue weighted by molar-refractivity contribution is 6.03. The minimum absolute atomic E-state index is 0.843. The topological polar surface area (TPSA) is 80.4 Å². The Bertz CT molecular complexity index is 1320. The summed E-state index contributed by atoms with van der Waals surface area (Å²) in [4.78, 5) is 16.0. The lowest BCUT2D eigenvalue weighted by Gasteiger charge is -2.01. The summed E-state index contributed by atoms with van der Waals surface area (Å²) < 4.78 is 0. The molecule has 0 fully saturated rings. The van der Waals surface area contributed by atoms with Gasteiger partial charge in [0.25, 0.3) is 0 Å². The van der Waals surface area contributed by atoms with Crippen LogP contribution in [0.5, 0.6) is 0 Å². The van der Waals surface area contributed by atoms with Crippen molar-refractivity contribution >= 4 is 45.6 Å². The van der Waals surface area contributed by atoms with E-state index in [2.05, 4.69) is 91.3 Å². The highest BCUT2D eigenvalue weighted by atomic mass is 15.1. The largest absolute Gasteiger partial charge is 0.368 e. The van der Waals surface area contributed by atoms with Gasteiger partial charge in [-0.2, -0.15) is 0 Å². The van der Waals surface area contributed by atoms with Crippen molar-refractivity contribution in [2.45, 2.75) is 0 Å². The van der Waals surface area contributed by atoms with Gasteiger partial charge in [-0.15, -0.1) is 0 Å². The van der Waals surface area contributed by atoms with Gasteiger partial charge in [-0.3, -0.25) is 9.98 Å². The molecule has 0 amide bonds. The van der Waals surface area contributed by atoms with Crippen molar-refractivity contribution in [3.8, 4) is 0 Å². The molecule has 0 bridgehead atoms. The molecule has 0 aliphatic carbocycles. The number of aromatic amines is 2. The Kier molecular flexibility index (Phi) is 3.94. The second kappa shape index (κ2) is 6.91. The smallest absolute Gasteiger partial charge is 0.145 e. The first-order chi connectivity index (χ1) is 14.8. The Morgan fingerprint density at radius 1 is 0.700 bits per heavy atom. The van der Waals surface area contributed by atoms with Gasteiger partial charge in [0, 0.05) is 46.2 Å². The first-order valence-electron chi connectivity index (χ1n) is 10.3. The maximum absolute atomic E-state index is 4.51. The third kappa shape index (κ3) is 3.06. The van der Waals surface area contributed by atoms with Crippen LogP contribution in [0.2, 0.25) is 0 Å². The standard InChI is InChI=1S/C24H22N6/c1-3-17-13-22(24-27-9-10-28-24)30-20(17)11-15(1)2-6-19-12-16-4-5-18(14-21(16)29-19)23-25-7-8-26-23/h1-6,11-14,29-30H,7-10H2,(H,25,26)(H,27,28)/b6-2+. The molecule has 148 valence electrons. The molecule has 2 aliphatic rings. The molecule has 6 rings (SSSR count). The second-order valence-electron chi connectivity index (χ2n) is 7.70. The molecule has 0 radical (unpaired) electrons. The predicted molar refractivity (Wildman–Crippen MR) is 124 cm³/mol. The van der Waals surface area contributed by atoms with Crippen molar-refractivity contribution in [3.05, 3.63) is 71.0 Å². The van der Waals surface area contributed by atoms with Crippen molar-refractivity contribution in [3.63, 3.8) is 0 Å². The van der Waals surface area contributed by atoms with Gasteiger partial charge in [0.05, 0.1) is 18.8 Å². The molecule has 2 aromatic heterocycles. The normalized spacial score (nSPS) is 16.3. The molecule has 2 aromatic carbocycles. The zero-order valence-corrected chi connectivity index (χ0v) is 16.5. The van der Waals surface area contributed by atoms with Crippen LogP contribution in [0.1, 0.15) is 22.5 Å². The average Bonchev–Trinajstić information content (AvgIpc) is 3.56. The number of H-pyrrole nitrogens is 2. The number of hydrogen-bond acceptors (Lipinski definition) is 4. The number of hydrogen-bond donors (Lipinski definition) is 4. The van der Waals surface area contributed by atoms with Gasteiger partial charge in [0.1, 0.15) is 11.7 Å². The van der Waals surface area contributed by atoms with Crippen LogP contribution in [0.25, 0.3) is 34.0 Å². The average molecular weight is 394 g/mol. The lowest BCUT2D eigenvalue weighted by atomic mass is 10.1. The fourth-order valence-corrected chi connectivity index (χ4v) is 4.12. The van der Waals surface area contributed by atoms with E-state index < -0.39 is 0 Å². The van der Waals surface area contributed by atoms with Gasteiger partial charge < -0.3 is 20.6 Å². The molecule has 4 N–H and O–H groups in total. The van der Waals surface area contributed by atoms with E-state index in [1.165, 1.54) is 10.8 Å². The lowest BCUT2D eigenvalue weighted by Crippen LogP contribution is -2.19. The fourth-order valence-electron chi connectivity index (χ4n) is 4.12. The van der Waals surface area contributed by atoms with E-state index >= 15 is 0 Å². The van der Waals surface area contributed by atoms with Crippen molar-refractivity contribution in [1.29, 1.82) is 0 Å². The Morgan fingerprint density at radius 2 is 1.47 bits per heavy atom. The minimum Gasteiger partial charge on any atom is -0.368 e. The number of fused-ring (bicyclic) bond motifs is 2. The monoisotopic (exact) mass is 394 g/mol. The third-order valence-electron chi connectivity index (χ3n) is 5.62. The number of amidine groups is 2. The highest BCUT2D eigenvalue weighted by Crippen LogP contribution is 2.22. The van der Waals surface area contributed by atoms with E-state index in [1.54, 1.807) is 0 Å². The van der Waals surface area contributed by atoms with Gasteiger partial charge in [-0.05, 0) is 35.9 Å². The van der Waals surface area contributed by atoms with E-state index in [4.69, 9.17) is 0 Å². The van der Waals surface area contributed by atoms with Crippen molar-refractivity contribution in [1.82, 2.24) is 20.6 Å². The molecule has 6 nitrogen and oxygen atoms in total. The molecule has 0 atom stereocenters. The van der Waals surface area contributed by atoms with E-state index in [9.17, 15) is 0 Å². The molecule has 4 aromatic rings. The van der Waals surface area contributed by atoms with Crippen LogP contribution in [0.15, 0.2) is 58.5 Å². The second-order valence-corrected chi connectivity index (χ2v) is 7.70. The Morgan fingerprint density at radius 3 is 2.30 bits per heavy atom. The highest BCUT2D eigenvalue weighted by Gasteiger charge is 2.11. The Balaban J connectivity index is 1.27. The molecule has 0 saturated carbocycles. The van der Waals surface area contributed by atoms with Gasteiger partial charge in [-0.25, -0.2) is 0 Å². The van der Waals surface area contributed by atoms with Crippen molar-refractivity contribution in [2.24, 2.45) is 9.98 Å². The Hall–Kier alpha value is -3.80. The van der Waals surface area contributed by atoms with Gasteiger partial charge in [0.2, 0.25) is 0 Å². The fraction of sp³-hybridized carbons (Fsp3) is 0.167. The molecule has 0 saturated heterocycles. The number of nitrogens with one attached hydrogen (secondary N) is 4. The van der Waals surface area contributed by atoms with Crippen LogP contribution < -0.4 is 10.6 Å². The number of benzene rings is 2. The van der Waals surface area contributed by atoms with Crippen LogP contribution in [-0.2, 0) is 0 Å². The molecule has 0 unspecified atom stereocenters. The molecule has 6 heteroatoms. The summed E-state index contributed by atoms with van der Waals surface area (Å²) in [5.74, 6) is 1.94. The van der Waals surface area contributed by atoms with Crippen LogP contribution in [-0.4, -0.2) is 47.8 Å². The number of rotatable bonds is 4. The summed E-state index contributed by atoms with van der Waals surface area (Å²) >= 11 is 0. The van der Waals surface area contributed by atoms with E-state index in [-0.39, 0.29) is 0 Å². The summed E-state index contributed by atoms with van der Waals surface area (Å²) in [5.41, 5.74) is 6.66. The SMILES string of the molecule is C(=C\c1cc2ccc(C3=NCCN3)cc2[nH]1)/c1ccc2cc(C3=NCCN3)[nH]c2c1. The zero-order valence-electron chi connectivity index (χ0n) is 16.5. The van der Waals surface area contributed by atoms with Gasteiger partial charge in [-0.1, -0.05) is 30.3 Å². The van der Waals surface area contributed by atoms with Gasteiger partial charge >= 0.3 is 0 Å². The molecular weight excluding hydrogens is 372 g/mol. The van der Waals surface area contributed by atoms with Crippen molar-refractivity contribution < 1.29 is 0 Å². The summed E-state index contributed by atoms with van der Waals surface area (Å²) in [5, 5.41) is 9.05. The Labute approximate surface area is 173 Å². The molecule has 4 heterocycles. The summed E-state index contributed by atoms with van der Waals surface area (Å²) in [7, 11) is 0. The first-order valence-corrected chi connectivity index (χ1v) is 10.3. The van der Waals surface area contributed by atoms with Gasteiger partial charge in [0.15, 0.2) is 0 Å². The zero-order chi connectivity index (χ0) is 19.9. The minimum atomic E-state index is 0.843. The third-order valence-corrected chi connectivity index (χ3v) is 5.62. The van der Waals surface area contributed by atoms with Crippen LogP contribution >= 0.6 is 0 Å². The number of nitrogens with zero attached hydrogens (tertiary/aromatic N) is 2. The van der Waals surface area contributed by atoms with E-state index in [0.29, 0.717) is 0 Å². The van der Waals surface area contributed by atoms with Crippen molar-refractivity contribution in [2.75, 3.05) is 26.2 Å². The number of aliphatic imine (C=N–C) groups is 2.